The lowest BCUT2D eigenvalue weighted by atomic mass is 9.88. The number of fused-ring (bicyclic) bond motifs is 2. The Kier molecular flexibility index (Phi) is 4.57. The summed E-state index contributed by atoms with van der Waals surface area (Å²) in [6.45, 7) is 2.08. The molecule has 0 saturated carbocycles. The summed E-state index contributed by atoms with van der Waals surface area (Å²) >= 11 is 13.8. The van der Waals surface area contributed by atoms with Crippen LogP contribution >= 0.6 is 34.5 Å². The molecule has 2 heterocycles. The van der Waals surface area contributed by atoms with E-state index >= 15 is 0 Å². The minimum Gasteiger partial charge on any atom is -0.338 e. The van der Waals surface area contributed by atoms with Crippen molar-refractivity contribution >= 4 is 62.0 Å². The highest BCUT2D eigenvalue weighted by Crippen LogP contribution is 2.36. The first kappa shape index (κ1) is 18.6. The molecule has 0 saturated heterocycles. The Morgan fingerprint density at radius 1 is 1.14 bits per heavy atom. The lowest BCUT2D eigenvalue weighted by molar-refractivity contribution is 0.0953. The van der Waals surface area contributed by atoms with Gasteiger partial charge in [-0.15, -0.1) is 5.10 Å². The van der Waals surface area contributed by atoms with Crippen LogP contribution in [0.4, 0.5) is 11.5 Å². The number of nitrogens with zero attached hydrogens (tertiary/aromatic N) is 3. The van der Waals surface area contributed by atoms with Crippen molar-refractivity contribution < 1.29 is 4.79 Å². The maximum Gasteiger partial charge on any atom is 0.211 e. The summed E-state index contributed by atoms with van der Waals surface area (Å²) in [5, 5.41) is 9.76. The quantitative estimate of drug-likeness (QED) is 0.404. The van der Waals surface area contributed by atoms with Crippen LogP contribution < -0.4 is 5.32 Å². The fraction of sp³-hybridized carbons (Fsp3) is 0.190. The molecule has 1 aliphatic carbocycles. The Balaban J connectivity index is 1.66. The van der Waals surface area contributed by atoms with Crippen LogP contribution in [0.1, 0.15) is 29.4 Å². The van der Waals surface area contributed by atoms with Gasteiger partial charge in [0.25, 0.3) is 0 Å². The Morgan fingerprint density at radius 2 is 1.90 bits per heavy atom. The van der Waals surface area contributed by atoms with Crippen LogP contribution in [0.3, 0.4) is 0 Å². The Morgan fingerprint density at radius 3 is 2.66 bits per heavy atom. The van der Waals surface area contributed by atoms with Gasteiger partial charge in [-0.05, 0) is 42.7 Å². The normalized spacial score (nSPS) is 16.2. The van der Waals surface area contributed by atoms with Crippen molar-refractivity contribution in [3.05, 3.63) is 63.8 Å². The van der Waals surface area contributed by atoms with Gasteiger partial charge in [-0.2, -0.15) is 0 Å². The molecule has 0 fully saturated rings. The summed E-state index contributed by atoms with van der Waals surface area (Å²) in [6, 6.07) is 13.1. The topological polar surface area (TPSA) is 59.8 Å². The van der Waals surface area contributed by atoms with E-state index in [1.165, 1.54) is 0 Å². The second kappa shape index (κ2) is 7.13. The van der Waals surface area contributed by atoms with E-state index in [4.69, 9.17) is 33.3 Å². The second-order valence-corrected chi connectivity index (χ2v) is 9.15. The average molecular weight is 443 g/mol. The molecule has 4 aromatic rings. The zero-order valence-electron chi connectivity index (χ0n) is 15.4. The molecule has 1 atom stereocenters. The maximum absolute atomic E-state index is 12.9. The molecule has 146 valence electrons. The van der Waals surface area contributed by atoms with E-state index in [2.05, 4.69) is 12.2 Å². The summed E-state index contributed by atoms with van der Waals surface area (Å²) in [5.41, 5.74) is 3.12. The van der Waals surface area contributed by atoms with Gasteiger partial charge in [-0.3, -0.25) is 4.79 Å². The summed E-state index contributed by atoms with van der Waals surface area (Å²) in [5.74, 6) is 0.851. The second-order valence-electron chi connectivity index (χ2n) is 7.27. The first-order chi connectivity index (χ1) is 14.0. The van der Waals surface area contributed by atoms with Gasteiger partial charge in [0, 0.05) is 22.2 Å². The highest BCUT2D eigenvalue weighted by molar-refractivity contribution is 7.20. The third-order valence-corrected chi connectivity index (χ3v) is 6.37. The molecule has 2 aromatic heterocycles. The number of carbonyl (C=O) groups is 1. The van der Waals surface area contributed by atoms with E-state index in [-0.39, 0.29) is 11.7 Å². The van der Waals surface area contributed by atoms with Crippen LogP contribution in [-0.2, 0) is 6.42 Å². The molecule has 0 amide bonds. The van der Waals surface area contributed by atoms with Crippen LogP contribution in [-0.4, -0.2) is 20.5 Å². The number of anilines is 2. The van der Waals surface area contributed by atoms with Crippen molar-refractivity contribution in [2.24, 2.45) is 5.92 Å². The van der Waals surface area contributed by atoms with Gasteiger partial charge in [-0.25, -0.2) is 9.67 Å². The minimum absolute atomic E-state index is 0.0849. The fourth-order valence-electron chi connectivity index (χ4n) is 3.71. The number of hydrogen-bond acceptors (Lipinski definition) is 5. The fourth-order valence-corrected chi connectivity index (χ4v) is 5.18. The summed E-state index contributed by atoms with van der Waals surface area (Å²) < 4.78 is 2.89. The molecule has 0 radical (unpaired) electrons. The van der Waals surface area contributed by atoms with Crippen LogP contribution in [0.25, 0.3) is 15.3 Å². The Hall–Kier alpha value is -2.41. The first-order valence-electron chi connectivity index (χ1n) is 9.22. The van der Waals surface area contributed by atoms with E-state index in [0.717, 1.165) is 27.5 Å². The number of rotatable bonds is 3. The van der Waals surface area contributed by atoms with Gasteiger partial charge >= 0.3 is 0 Å². The number of Topliss-reactive ketones (excluding diaryl/α,β-unsaturated/α-hetero) is 1. The van der Waals surface area contributed by atoms with Gasteiger partial charge in [0.1, 0.15) is 0 Å². The SMILES string of the molecule is CC1CC(=O)c2c(Nc3cc(Cl)cc(Cl)c3)nn(-c3nc4ccccc4s3)c2C1. The average Bonchev–Trinajstić information content (AvgIpc) is 3.22. The maximum atomic E-state index is 12.9. The molecular formula is C21H16Cl2N4OS. The predicted octanol–water partition coefficient (Wildman–Crippen LogP) is 6.30. The lowest BCUT2D eigenvalue weighted by Gasteiger charge is -2.18. The molecule has 0 aliphatic heterocycles. The standard InChI is InChI=1S/C21H16Cl2N4OS/c1-11-6-16-19(17(28)7-11)20(24-14-9-12(22)8-13(23)10-14)26-27(16)21-25-15-4-2-3-5-18(15)29-21/h2-5,8-11H,6-7H2,1H3,(H,24,26). The Labute approximate surface area is 181 Å². The highest BCUT2D eigenvalue weighted by atomic mass is 35.5. The number of hydrogen-bond donors (Lipinski definition) is 1. The van der Waals surface area contributed by atoms with Gasteiger partial charge < -0.3 is 5.32 Å². The molecular weight excluding hydrogens is 427 g/mol. The number of nitrogens with one attached hydrogen (secondary N) is 1. The van der Waals surface area contributed by atoms with E-state index in [9.17, 15) is 4.79 Å². The van der Waals surface area contributed by atoms with Crippen molar-refractivity contribution in [1.82, 2.24) is 14.8 Å². The van der Waals surface area contributed by atoms with E-state index in [0.29, 0.717) is 33.5 Å². The molecule has 8 heteroatoms. The monoisotopic (exact) mass is 442 g/mol. The van der Waals surface area contributed by atoms with Crippen molar-refractivity contribution in [2.45, 2.75) is 19.8 Å². The van der Waals surface area contributed by atoms with E-state index in [1.807, 2.05) is 28.9 Å². The largest absolute Gasteiger partial charge is 0.338 e. The minimum atomic E-state index is 0.0849. The van der Waals surface area contributed by atoms with Crippen molar-refractivity contribution in [3.8, 4) is 5.13 Å². The van der Waals surface area contributed by atoms with Crippen LogP contribution in [0, 0.1) is 5.92 Å². The number of para-hydroxylation sites is 1. The summed E-state index contributed by atoms with van der Waals surface area (Å²) in [7, 11) is 0. The molecule has 2 aromatic carbocycles. The molecule has 0 spiro atoms. The number of benzene rings is 2. The van der Waals surface area contributed by atoms with Gasteiger partial charge in [-0.1, -0.05) is 53.6 Å². The van der Waals surface area contributed by atoms with Gasteiger partial charge in [0.15, 0.2) is 11.6 Å². The zero-order valence-corrected chi connectivity index (χ0v) is 17.8. The molecule has 0 bridgehead atoms. The van der Waals surface area contributed by atoms with Crippen molar-refractivity contribution in [1.29, 1.82) is 0 Å². The van der Waals surface area contributed by atoms with Crippen LogP contribution in [0.2, 0.25) is 10.0 Å². The molecule has 1 aliphatic rings. The number of carbonyl (C=O) groups excluding carboxylic acids is 1. The first-order valence-corrected chi connectivity index (χ1v) is 10.8. The summed E-state index contributed by atoms with van der Waals surface area (Å²) in [4.78, 5) is 17.6. The van der Waals surface area contributed by atoms with Gasteiger partial charge in [0.05, 0.1) is 21.5 Å². The number of ketones is 1. The third-order valence-electron chi connectivity index (χ3n) is 4.92. The van der Waals surface area contributed by atoms with Crippen LogP contribution in [0.15, 0.2) is 42.5 Å². The molecule has 5 rings (SSSR count). The summed E-state index contributed by atoms with van der Waals surface area (Å²) in [6.07, 6.45) is 1.27. The molecule has 1 unspecified atom stereocenters. The van der Waals surface area contributed by atoms with Crippen LogP contribution in [0.5, 0.6) is 0 Å². The molecule has 5 nitrogen and oxygen atoms in total. The third kappa shape index (κ3) is 3.41. The van der Waals surface area contributed by atoms with E-state index < -0.39 is 0 Å². The smallest absolute Gasteiger partial charge is 0.211 e. The zero-order chi connectivity index (χ0) is 20.1. The highest BCUT2D eigenvalue weighted by Gasteiger charge is 2.32. The number of halogens is 2. The molecule has 1 N–H and O–H groups in total. The van der Waals surface area contributed by atoms with E-state index in [1.54, 1.807) is 29.5 Å². The lowest BCUT2D eigenvalue weighted by Crippen LogP contribution is -2.19. The Bertz CT molecular complexity index is 1210. The van der Waals surface area contributed by atoms with Gasteiger partial charge in [0.2, 0.25) is 5.13 Å². The van der Waals surface area contributed by atoms with Crippen molar-refractivity contribution in [3.63, 3.8) is 0 Å². The predicted molar refractivity (Wildman–Crippen MR) is 118 cm³/mol. The van der Waals surface area contributed by atoms with Crippen molar-refractivity contribution in [2.75, 3.05) is 5.32 Å². The molecule has 29 heavy (non-hydrogen) atoms. The number of thiazole rings is 1. The number of aromatic nitrogens is 3.